The zero-order chi connectivity index (χ0) is 15.4. The van der Waals surface area contributed by atoms with Gasteiger partial charge in [0.1, 0.15) is 0 Å². The molecule has 2 aromatic carbocycles. The first-order valence-electron chi connectivity index (χ1n) is 7.06. The number of rotatable bonds is 3. The van der Waals surface area contributed by atoms with Crippen molar-refractivity contribution in [2.24, 2.45) is 4.99 Å². The summed E-state index contributed by atoms with van der Waals surface area (Å²) < 4.78 is 2.16. The summed E-state index contributed by atoms with van der Waals surface area (Å²) in [6.45, 7) is 2.08. The maximum atomic E-state index is 8.81. The molecule has 1 heterocycles. The van der Waals surface area contributed by atoms with Crippen LogP contribution in [0.1, 0.15) is 17.0 Å². The average Bonchev–Trinajstić information content (AvgIpc) is 2.95. The second kappa shape index (κ2) is 6.11. The zero-order valence-electron chi connectivity index (χ0n) is 12.3. The Morgan fingerprint density at radius 2 is 1.68 bits per heavy atom. The van der Waals surface area contributed by atoms with E-state index in [-0.39, 0.29) is 0 Å². The van der Waals surface area contributed by atoms with E-state index in [4.69, 9.17) is 5.26 Å². The molecule has 0 aliphatic heterocycles. The number of aromatic nitrogens is 1. The summed E-state index contributed by atoms with van der Waals surface area (Å²) in [5, 5.41) is 8.81. The molecule has 1 aromatic heterocycles. The fourth-order valence-corrected chi connectivity index (χ4v) is 2.35. The third-order valence-electron chi connectivity index (χ3n) is 3.46. The minimum Gasteiger partial charge on any atom is -0.313 e. The predicted molar refractivity (Wildman–Crippen MR) is 88.9 cm³/mol. The summed E-state index contributed by atoms with van der Waals surface area (Å²) in [5.41, 5.74) is 4.77. The molecule has 0 aliphatic carbocycles. The Morgan fingerprint density at radius 3 is 2.36 bits per heavy atom. The van der Waals surface area contributed by atoms with Crippen LogP contribution in [0.2, 0.25) is 0 Å². The summed E-state index contributed by atoms with van der Waals surface area (Å²) in [6.07, 6.45) is 1.85. The summed E-state index contributed by atoms with van der Waals surface area (Å²) in [4.78, 5) is 4.50. The highest BCUT2D eigenvalue weighted by Gasteiger charge is 2.04. The second-order valence-electron chi connectivity index (χ2n) is 4.99. The SMILES string of the molecule is Cc1ccc(C=Nc2ccc(C#N)cc2)n1-c1ccccc1. The van der Waals surface area contributed by atoms with Crippen LogP contribution in [-0.2, 0) is 0 Å². The lowest BCUT2D eigenvalue weighted by Crippen LogP contribution is -2.00. The molecule has 0 aliphatic rings. The number of hydrogen-bond acceptors (Lipinski definition) is 2. The number of nitrogens with zero attached hydrogens (tertiary/aromatic N) is 3. The van der Waals surface area contributed by atoms with E-state index >= 15 is 0 Å². The average molecular weight is 285 g/mol. The van der Waals surface area contributed by atoms with Crippen molar-refractivity contribution in [1.29, 1.82) is 5.26 Å². The molecule has 0 amide bonds. The van der Waals surface area contributed by atoms with Crippen molar-refractivity contribution in [3.05, 3.63) is 83.7 Å². The Bertz CT molecular complexity index is 835. The monoisotopic (exact) mass is 285 g/mol. The zero-order valence-corrected chi connectivity index (χ0v) is 12.3. The van der Waals surface area contributed by atoms with Gasteiger partial charge in [-0.3, -0.25) is 4.99 Å². The van der Waals surface area contributed by atoms with Gasteiger partial charge in [0.2, 0.25) is 0 Å². The Hall–Kier alpha value is -3.12. The van der Waals surface area contributed by atoms with Crippen molar-refractivity contribution in [3.63, 3.8) is 0 Å². The van der Waals surface area contributed by atoms with Crippen LogP contribution in [0.5, 0.6) is 0 Å². The summed E-state index contributed by atoms with van der Waals surface area (Å²) in [5.74, 6) is 0. The van der Waals surface area contributed by atoms with Gasteiger partial charge in [0.25, 0.3) is 0 Å². The van der Waals surface area contributed by atoms with Gasteiger partial charge >= 0.3 is 0 Å². The van der Waals surface area contributed by atoms with Crippen LogP contribution in [0.3, 0.4) is 0 Å². The van der Waals surface area contributed by atoms with Crippen molar-refractivity contribution >= 4 is 11.9 Å². The molecule has 0 fully saturated rings. The molecule has 0 atom stereocenters. The maximum Gasteiger partial charge on any atom is 0.0991 e. The van der Waals surface area contributed by atoms with Crippen LogP contribution >= 0.6 is 0 Å². The standard InChI is InChI=1S/C19H15N3/c1-15-7-12-19(22(15)18-5-3-2-4-6-18)14-21-17-10-8-16(13-20)9-11-17/h2-12,14H,1H3. The highest BCUT2D eigenvalue weighted by atomic mass is 15.0. The molecule has 3 heteroatoms. The molecule has 0 saturated carbocycles. The molecule has 0 saturated heterocycles. The molecule has 0 N–H and O–H groups in total. The molecule has 3 rings (SSSR count). The number of para-hydroxylation sites is 1. The van der Waals surface area contributed by atoms with Crippen molar-refractivity contribution < 1.29 is 0 Å². The van der Waals surface area contributed by atoms with Crippen LogP contribution in [0.25, 0.3) is 5.69 Å². The third-order valence-corrected chi connectivity index (χ3v) is 3.46. The van der Waals surface area contributed by atoms with Crippen LogP contribution in [0.15, 0.2) is 71.7 Å². The number of benzene rings is 2. The van der Waals surface area contributed by atoms with Crippen LogP contribution in [0.4, 0.5) is 5.69 Å². The van der Waals surface area contributed by atoms with Gasteiger partial charge in [-0.2, -0.15) is 5.26 Å². The second-order valence-corrected chi connectivity index (χ2v) is 4.99. The molecule has 0 unspecified atom stereocenters. The summed E-state index contributed by atoms with van der Waals surface area (Å²) in [7, 11) is 0. The normalized spacial score (nSPS) is 10.7. The number of hydrogen-bond donors (Lipinski definition) is 0. The quantitative estimate of drug-likeness (QED) is 0.657. The maximum absolute atomic E-state index is 8.81. The van der Waals surface area contributed by atoms with Gasteiger partial charge in [0, 0.05) is 11.4 Å². The first-order chi connectivity index (χ1) is 10.8. The molecule has 3 aromatic rings. The summed E-state index contributed by atoms with van der Waals surface area (Å²) in [6, 6.07) is 23.7. The first-order valence-corrected chi connectivity index (χ1v) is 7.06. The topological polar surface area (TPSA) is 41.1 Å². The Kier molecular flexibility index (Phi) is 3.84. The lowest BCUT2D eigenvalue weighted by Gasteiger charge is -2.08. The van der Waals surface area contributed by atoms with Crippen LogP contribution < -0.4 is 0 Å². The van der Waals surface area contributed by atoms with Crippen molar-refractivity contribution in [1.82, 2.24) is 4.57 Å². The van der Waals surface area contributed by atoms with E-state index in [0.717, 1.165) is 22.8 Å². The lowest BCUT2D eigenvalue weighted by molar-refractivity contribution is 1.01. The number of aryl methyl sites for hydroxylation is 1. The first kappa shape index (κ1) is 13.8. The van der Waals surface area contributed by atoms with Gasteiger partial charge in [0.05, 0.1) is 29.2 Å². The molecule has 3 nitrogen and oxygen atoms in total. The van der Waals surface area contributed by atoms with E-state index in [1.54, 1.807) is 12.1 Å². The minimum absolute atomic E-state index is 0.641. The van der Waals surface area contributed by atoms with Gasteiger partial charge < -0.3 is 4.57 Å². The molecule has 0 bridgehead atoms. The van der Waals surface area contributed by atoms with Gasteiger partial charge in [-0.1, -0.05) is 18.2 Å². The van der Waals surface area contributed by atoms with Crippen LogP contribution in [0, 0.1) is 18.3 Å². The van der Waals surface area contributed by atoms with E-state index in [2.05, 4.69) is 46.8 Å². The van der Waals surface area contributed by atoms with Crippen molar-refractivity contribution in [2.45, 2.75) is 6.92 Å². The largest absolute Gasteiger partial charge is 0.313 e. The van der Waals surface area contributed by atoms with Gasteiger partial charge in [-0.25, -0.2) is 0 Å². The van der Waals surface area contributed by atoms with Gasteiger partial charge in [-0.05, 0) is 55.5 Å². The Balaban J connectivity index is 1.93. The third kappa shape index (κ3) is 2.82. The van der Waals surface area contributed by atoms with E-state index in [0.29, 0.717) is 5.56 Å². The van der Waals surface area contributed by atoms with E-state index in [9.17, 15) is 0 Å². The molecular formula is C19H15N3. The van der Waals surface area contributed by atoms with Crippen molar-refractivity contribution in [3.8, 4) is 11.8 Å². The van der Waals surface area contributed by atoms with E-state index in [1.165, 1.54) is 0 Å². The highest BCUT2D eigenvalue weighted by Crippen LogP contribution is 2.17. The van der Waals surface area contributed by atoms with E-state index in [1.807, 2.05) is 36.5 Å². The fraction of sp³-hybridized carbons (Fsp3) is 0.0526. The molecule has 22 heavy (non-hydrogen) atoms. The van der Waals surface area contributed by atoms with Crippen molar-refractivity contribution in [2.75, 3.05) is 0 Å². The highest BCUT2D eigenvalue weighted by molar-refractivity contribution is 5.81. The number of nitriles is 1. The van der Waals surface area contributed by atoms with Crippen LogP contribution in [-0.4, -0.2) is 10.8 Å². The fourth-order valence-electron chi connectivity index (χ4n) is 2.35. The van der Waals surface area contributed by atoms with Gasteiger partial charge in [0.15, 0.2) is 0 Å². The molecule has 106 valence electrons. The predicted octanol–water partition coefficient (Wildman–Crippen LogP) is 4.41. The summed E-state index contributed by atoms with van der Waals surface area (Å²) >= 11 is 0. The smallest absolute Gasteiger partial charge is 0.0991 e. The Labute approximate surface area is 129 Å². The minimum atomic E-state index is 0.641. The molecule has 0 spiro atoms. The number of aliphatic imine (C=N–C) groups is 1. The molecule has 0 radical (unpaired) electrons. The van der Waals surface area contributed by atoms with Gasteiger partial charge in [-0.15, -0.1) is 0 Å². The Morgan fingerprint density at radius 1 is 0.955 bits per heavy atom. The molecular weight excluding hydrogens is 270 g/mol. The lowest BCUT2D eigenvalue weighted by atomic mass is 10.2. The van der Waals surface area contributed by atoms with E-state index < -0.39 is 0 Å².